The fourth-order valence-electron chi connectivity index (χ4n) is 1.06. The third-order valence-electron chi connectivity index (χ3n) is 2.20. The van der Waals surface area contributed by atoms with Crippen molar-refractivity contribution in [3.63, 3.8) is 0 Å². The highest BCUT2D eigenvalue weighted by atomic mass is 31.1. The Bertz CT molecular complexity index is 301. The summed E-state index contributed by atoms with van der Waals surface area (Å²) in [5.74, 6) is 0. The number of carbonyl (C=O) groups excluding carboxylic acids is 3. The summed E-state index contributed by atoms with van der Waals surface area (Å²) < 4.78 is 0. The van der Waals surface area contributed by atoms with Crippen LogP contribution in [0.25, 0.3) is 0 Å². The van der Waals surface area contributed by atoms with Gasteiger partial charge in [0.1, 0.15) is 7.92 Å². The molecule has 9 N–H and O–H groups in total. The molecule has 0 aliphatic heterocycles. The van der Waals surface area contributed by atoms with E-state index in [-0.39, 0.29) is 0 Å². The van der Waals surface area contributed by atoms with Crippen LogP contribution in [0.4, 0.5) is 0 Å². The first-order chi connectivity index (χ1) is 8.81. The summed E-state index contributed by atoms with van der Waals surface area (Å²) in [5.41, 5.74) is 12.9. The lowest BCUT2D eigenvalue weighted by Gasteiger charge is -2.21. The fourth-order valence-corrected chi connectivity index (χ4v) is 2.95. The van der Waals surface area contributed by atoms with E-state index in [2.05, 4.69) is 0 Å². The molecular formula is C9H18N3O6P. The molecule has 3 atom stereocenters. The minimum atomic E-state index is -2.65. The Hall–Kier alpha value is -0.800. The van der Waals surface area contributed by atoms with Gasteiger partial charge in [-0.1, -0.05) is 0 Å². The summed E-state index contributed by atoms with van der Waals surface area (Å²) in [7, 11) is -2.65. The molecule has 110 valence electrons. The molecular weight excluding hydrogens is 277 g/mol. The van der Waals surface area contributed by atoms with Crippen molar-refractivity contribution in [2.24, 2.45) is 17.2 Å². The number of hydrogen-bond donors (Lipinski definition) is 6. The molecule has 0 aromatic carbocycles. The Kier molecular flexibility index (Phi) is 8.03. The zero-order chi connectivity index (χ0) is 15.2. The van der Waals surface area contributed by atoms with Crippen LogP contribution in [0.15, 0.2) is 0 Å². The van der Waals surface area contributed by atoms with E-state index in [4.69, 9.17) is 32.5 Å². The van der Waals surface area contributed by atoms with Gasteiger partial charge in [0, 0.05) is 0 Å². The maximum atomic E-state index is 11.8. The molecule has 19 heavy (non-hydrogen) atoms. The molecule has 0 heterocycles. The molecule has 0 amide bonds. The first-order valence-corrected chi connectivity index (χ1v) is 6.66. The van der Waals surface area contributed by atoms with Gasteiger partial charge < -0.3 is 32.5 Å². The smallest absolute Gasteiger partial charge is 0.188 e. The van der Waals surface area contributed by atoms with Crippen molar-refractivity contribution in [1.29, 1.82) is 0 Å². The first kappa shape index (κ1) is 18.2. The molecule has 0 bridgehead atoms. The Morgan fingerprint density at radius 1 is 0.737 bits per heavy atom. The maximum absolute atomic E-state index is 11.8. The van der Waals surface area contributed by atoms with Gasteiger partial charge in [-0.15, -0.1) is 0 Å². The number of carbonyl (C=O) groups is 3. The lowest BCUT2D eigenvalue weighted by Crippen LogP contribution is -2.44. The third-order valence-corrected chi connectivity index (χ3v) is 4.52. The van der Waals surface area contributed by atoms with Gasteiger partial charge in [-0.25, -0.2) is 0 Å². The second kappa shape index (κ2) is 8.39. The van der Waals surface area contributed by atoms with Crippen molar-refractivity contribution >= 4 is 24.5 Å². The van der Waals surface area contributed by atoms with Crippen LogP contribution in [0.5, 0.6) is 0 Å². The van der Waals surface area contributed by atoms with E-state index >= 15 is 0 Å². The van der Waals surface area contributed by atoms with Crippen LogP contribution in [0.1, 0.15) is 0 Å². The standard InChI is InChI=1S/C9H18N3O6P/c10-4(1-13)7(16)19(8(17)5(11)2-14)9(18)6(12)3-15/h4-6,13-15H,1-3,10-12H2. The van der Waals surface area contributed by atoms with E-state index in [0.29, 0.717) is 0 Å². The monoisotopic (exact) mass is 295 g/mol. The number of hydrogen-bond acceptors (Lipinski definition) is 9. The zero-order valence-corrected chi connectivity index (χ0v) is 11.0. The van der Waals surface area contributed by atoms with E-state index in [1.54, 1.807) is 0 Å². The van der Waals surface area contributed by atoms with Gasteiger partial charge in [0.2, 0.25) is 0 Å². The van der Waals surface area contributed by atoms with Crippen LogP contribution in [-0.4, -0.2) is 69.8 Å². The Morgan fingerprint density at radius 3 is 1.11 bits per heavy atom. The third kappa shape index (κ3) is 4.66. The van der Waals surface area contributed by atoms with Crippen molar-refractivity contribution < 1.29 is 29.7 Å². The average molecular weight is 295 g/mol. The van der Waals surface area contributed by atoms with Crippen molar-refractivity contribution in [2.75, 3.05) is 19.8 Å². The van der Waals surface area contributed by atoms with Crippen LogP contribution >= 0.6 is 7.92 Å². The van der Waals surface area contributed by atoms with Crippen LogP contribution < -0.4 is 17.2 Å². The fraction of sp³-hybridized carbons (Fsp3) is 0.667. The largest absolute Gasteiger partial charge is 0.394 e. The SMILES string of the molecule is NC(CO)C(=O)P(C(=O)C(N)CO)C(=O)C(N)CO. The molecule has 0 spiro atoms. The van der Waals surface area contributed by atoms with Crippen molar-refractivity contribution in [2.45, 2.75) is 18.1 Å². The average Bonchev–Trinajstić information content (AvgIpc) is 2.43. The van der Waals surface area contributed by atoms with Gasteiger partial charge >= 0.3 is 0 Å². The van der Waals surface area contributed by atoms with Gasteiger partial charge in [0.05, 0.1) is 37.9 Å². The van der Waals surface area contributed by atoms with E-state index in [9.17, 15) is 14.4 Å². The molecule has 0 aromatic rings. The summed E-state index contributed by atoms with van der Waals surface area (Å²) in [6.07, 6.45) is 0. The summed E-state index contributed by atoms with van der Waals surface area (Å²) in [5, 5.41) is 26.4. The quantitative estimate of drug-likeness (QED) is 0.230. The Morgan fingerprint density at radius 2 is 0.947 bits per heavy atom. The predicted octanol–water partition coefficient (Wildman–Crippen LogP) is -3.99. The van der Waals surface area contributed by atoms with Gasteiger partial charge in [-0.3, -0.25) is 14.4 Å². The zero-order valence-electron chi connectivity index (χ0n) is 10.1. The predicted molar refractivity (Wildman–Crippen MR) is 67.1 cm³/mol. The maximum Gasteiger partial charge on any atom is 0.188 e. The molecule has 0 radical (unpaired) electrons. The summed E-state index contributed by atoms with van der Waals surface area (Å²) in [6.45, 7) is -2.25. The van der Waals surface area contributed by atoms with Gasteiger partial charge in [0.25, 0.3) is 0 Å². The molecule has 0 fully saturated rings. The lowest BCUT2D eigenvalue weighted by molar-refractivity contribution is -0.118. The topological polar surface area (TPSA) is 190 Å². The minimum Gasteiger partial charge on any atom is -0.394 e. The highest BCUT2D eigenvalue weighted by molar-refractivity contribution is 8.02. The summed E-state index contributed by atoms with van der Waals surface area (Å²) in [4.78, 5) is 35.5. The molecule has 9 nitrogen and oxygen atoms in total. The van der Waals surface area contributed by atoms with Crippen LogP contribution in [0, 0.1) is 0 Å². The second-order valence-electron chi connectivity index (χ2n) is 3.72. The number of nitrogens with two attached hydrogens (primary N) is 3. The van der Waals surface area contributed by atoms with Gasteiger partial charge in [-0.05, 0) is 0 Å². The molecule has 3 unspecified atom stereocenters. The van der Waals surface area contributed by atoms with E-state index in [1.807, 2.05) is 0 Å². The second-order valence-corrected chi connectivity index (χ2v) is 5.71. The number of aliphatic hydroxyl groups is 3. The van der Waals surface area contributed by atoms with Crippen LogP contribution in [0.2, 0.25) is 0 Å². The highest BCUT2D eigenvalue weighted by Crippen LogP contribution is 2.41. The molecule has 0 saturated carbocycles. The van der Waals surface area contributed by atoms with Crippen molar-refractivity contribution in [3.8, 4) is 0 Å². The Labute approximate surface area is 110 Å². The molecule has 0 aliphatic rings. The number of rotatable bonds is 9. The molecule has 10 heteroatoms. The molecule has 0 saturated heterocycles. The minimum absolute atomic E-state index is 0.749. The summed E-state index contributed by atoms with van der Waals surface area (Å²) >= 11 is 0. The molecule has 0 aromatic heterocycles. The van der Waals surface area contributed by atoms with E-state index in [1.165, 1.54) is 0 Å². The molecule has 0 aliphatic carbocycles. The van der Waals surface area contributed by atoms with Crippen molar-refractivity contribution in [1.82, 2.24) is 0 Å². The highest BCUT2D eigenvalue weighted by Gasteiger charge is 2.40. The van der Waals surface area contributed by atoms with Crippen molar-refractivity contribution in [3.05, 3.63) is 0 Å². The normalized spacial score (nSPS) is 17.4. The molecule has 0 rings (SSSR count). The number of aliphatic hydroxyl groups excluding tert-OH is 3. The lowest BCUT2D eigenvalue weighted by atomic mass is 10.4. The first-order valence-electron chi connectivity index (χ1n) is 5.32. The van der Waals surface area contributed by atoms with Gasteiger partial charge in [0.15, 0.2) is 16.6 Å². The summed E-state index contributed by atoms with van der Waals surface area (Å²) in [6, 6.07) is -4.26. The Balaban J connectivity index is 5.31. The van der Waals surface area contributed by atoms with Crippen LogP contribution in [0.3, 0.4) is 0 Å². The van der Waals surface area contributed by atoms with Crippen LogP contribution in [-0.2, 0) is 14.4 Å². The van der Waals surface area contributed by atoms with E-state index in [0.717, 1.165) is 0 Å². The van der Waals surface area contributed by atoms with Gasteiger partial charge in [-0.2, -0.15) is 0 Å². The van der Waals surface area contributed by atoms with E-state index < -0.39 is 62.4 Å².